The van der Waals surface area contributed by atoms with Gasteiger partial charge in [0.1, 0.15) is 5.56 Å². The maximum absolute atomic E-state index is 12.6. The number of nitrogens with two attached hydrogens (primary N) is 3. The highest BCUT2D eigenvalue weighted by molar-refractivity contribution is 6.38. The molecular weight excluding hydrogens is 1170 g/mol. The van der Waals surface area contributed by atoms with E-state index in [0.717, 1.165) is 119 Å². The molecule has 0 atom stereocenters. The van der Waals surface area contributed by atoms with E-state index in [1.807, 2.05) is 12.4 Å². The lowest BCUT2D eigenvalue weighted by Gasteiger charge is -2.41. The van der Waals surface area contributed by atoms with Crippen molar-refractivity contribution in [3.05, 3.63) is 166 Å². The zero-order valence-electron chi connectivity index (χ0n) is 55.8. The van der Waals surface area contributed by atoms with E-state index in [9.17, 15) is 9.59 Å². The van der Waals surface area contributed by atoms with Crippen LogP contribution in [0.5, 0.6) is 0 Å². The second kappa shape index (κ2) is 29.0. The molecule has 19 nitrogen and oxygen atoms in total. The van der Waals surface area contributed by atoms with E-state index in [1.165, 1.54) is 51.5 Å². The van der Waals surface area contributed by atoms with E-state index in [-0.39, 0.29) is 44.4 Å². The standard InChI is InChI=1S/C25H33N5O2.C22H29N5.C16H26N2.C9H8ClN3O2/c1-5-32-23(31)20-15-27-22-19(16-28-29-22)21(20)30-12-10-25(26,11-13-30)14-17-6-8-18(9-7-17)24(2,3)4;1-21(2,3)17-6-4-16(5-7-17)14-22(23)9-12-27(13-10-22)19-8-11-24-20-18(19)15-25-26-20;1-15(2,3)14-6-4-13(5-7-14)12-16(17)8-10-18-11-9-16;1-2-15-9(14)6-3-11-8-5(7(6)10)4-12-13-8/h6-9,15-16H,5,10-14,26H2,1-4H3,(H,27,28,29);4-8,11,15H,9-10,12-14,23H2,1-3H3,(H,24,25,26);4-7,18H,8-12,17H2,1-3H3;3-4H,2H2,1H3,(H,11,12,13). The quantitative estimate of drug-likeness (QED) is 0.0560. The van der Waals surface area contributed by atoms with Gasteiger partial charge in [0, 0.05) is 61.4 Å². The Hall–Kier alpha value is -7.81. The molecule has 0 unspecified atom stereocenters. The molecule has 0 aliphatic carbocycles. The van der Waals surface area contributed by atoms with Crippen molar-refractivity contribution in [2.75, 3.05) is 62.3 Å². The monoisotopic (exact) mass is 1270 g/mol. The first-order chi connectivity index (χ1) is 43.7. The molecule has 3 saturated heterocycles. The van der Waals surface area contributed by atoms with Crippen molar-refractivity contribution in [3.8, 4) is 0 Å². The Kier molecular flexibility index (Phi) is 21.6. The van der Waals surface area contributed by atoms with E-state index in [0.29, 0.717) is 40.5 Å². The number of nitrogens with one attached hydrogen (secondary N) is 4. The summed E-state index contributed by atoms with van der Waals surface area (Å²) in [7, 11) is 0. The molecule has 3 aromatic carbocycles. The van der Waals surface area contributed by atoms with Crippen LogP contribution >= 0.6 is 11.6 Å². The largest absolute Gasteiger partial charge is 0.462 e. The van der Waals surface area contributed by atoms with Crippen LogP contribution in [0.15, 0.2) is 116 Å². The molecule has 490 valence electrons. The Bertz CT molecular complexity index is 3870. The number of rotatable bonds is 12. The Labute approximate surface area is 547 Å². The van der Waals surface area contributed by atoms with E-state index in [4.69, 9.17) is 38.3 Å². The molecule has 3 aliphatic heterocycles. The van der Waals surface area contributed by atoms with Crippen LogP contribution in [0, 0.1) is 0 Å². The number of ether oxygens (including phenoxy) is 2. The molecule has 0 radical (unpaired) electrons. The van der Waals surface area contributed by atoms with Crippen molar-refractivity contribution in [1.29, 1.82) is 0 Å². The molecular formula is C72H96ClN15O4. The van der Waals surface area contributed by atoms with Crippen LogP contribution in [0.4, 0.5) is 11.4 Å². The van der Waals surface area contributed by atoms with Crippen LogP contribution < -0.4 is 32.3 Å². The smallest absolute Gasteiger partial charge is 0.341 e. The third-order valence-corrected chi connectivity index (χ3v) is 18.5. The number of anilines is 2. The molecule has 0 bridgehead atoms. The number of esters is 2. The van der Waals surface area contributed by atoms with Crippen LogP contribution in [-0.2, 0) is 45.0 Å². The highest BCUT2D eigenvalue weighted by atomic mass is 35.5. The van der Waals surface area contributed by atoms with Crippen LogP contribution in [0.25, 0.3) is 33.1 Å². The number of piperidine rings is 3. The van der Waals surface area contributed by atoms with Crippen molar-refractivity contribution < 1.29 is 19.1 Å². The zero-order chi connectivity index (χ0) is 66.1. The molecule has 9 heterocycles. The second-order valence-electron chi connectivity index (χ2n) is 28.4. The van der Waals surface area contributed by atoms with E-state index < -0.39 is 5.97 Å². The van der Waals surface area contributed by atoms with Crippen LogP contribution in [0.3, 0.4) is 0 Å². The van der Waals surface area contributed by atoms with Crippen molar-refractivity contribution in [2.45, 2.75) is 167 Å². The third-order valence-electron chi connectivity index (χ3n) is 18.1. The minimum atomic E-state index is -0.474. The molecule has 3 aliphatic rings. The summed E-state index contributed by atoms with van der Waals surface area (Å²) in [4.78, 5) is 41.4. The normalized spacial score (nSPS) is 16.4. The molecule has 6 aromatic heterocycles. The summed E-state index contributed by atoms with van der Waals surface area (Å²) in [5.41, 5.74) is 33.1. The van der Waals surface area contributed by atoms with Gasteiger partial charge in [-0.25, -0.2) is 24.5 Å². The highest BCUT2D eigenvalue weighted by Gasteiger charge is 2.35. The number of hydrogen-bond acceptors (Lipinski definition) is 16. The predicted octanol–water partition coefficient (Wildman–Crippen LogP) is 12.2. The van der Waals surface area contributed by atoms with Gasteiger partial charge in [-0.15, -0.1) is 0 Å². The summed E-state index contributed by atoms with van der Waals surface area (Å²) >= 11 is 6.01. The van der Waals surface area contributed by atoms with Gasteiger partial charge in [0.25, 0.3) is 0 Å². The fourth-order valence-corrected chi connectivity index (χ4v) is 12.6. The van der Waals surface area contributed by atoms with E-state index >= 15 is 0 Å². The van der Waals surface area contributed by atoms with E-state index in [1.54, 1.807) is 26.2 Å². The summed E-state index contributed by atoms with van der Waals surface area (Å²) in [5, 5.41) is 26.8. The molecule has 0 spiro atoms. The molecule has 3 fully saturated rings. The van der Waals surface area contributed by atoms with E-state index in [2.05, 4.69) is 202 Å². The SMILES string of the molecule is CC(C)(C)c1ccc(CC2(N)CCN(c3ccnc4[nH]ncc34)CC2)cc1.CC(C)(C)c1ccc(CC2(N)CCNCC2)cc1.CCOC(=O)c1cnc2[nH]ncc2c1Cl.CCOC(=O)c1cnc2[nH]ncc2c1N1CCC(N)(Cc2ccc(C(C)(C)C)cc2)CC1. The Morgan fingerprint density at radius 1 is 0.489 bits per heavy atom. The number of hydrogen-bond donors (Lipinski definition) is 7. The number of aromatic amines is 3. The zero-order valence-corrected chi connectivity index (χ0v) is 56.6. The topological polar surface area (TPSA) is 274 Å². The summed E-state index contributed by atoms with van der Waals surface area (Å²) in [6, 6.07) is 28.9. The maximum Gasteiger partial charge on any atom is 0.341 e. The average molecular weight is 1270 g/mol. The second-order valence-corrected chi connectivity index (χ2v) is 28.7. The first-order valence-electron chi connectivity index (χ1n) is 32.4. The van der Waals surface area contributed by atoms with Crippen molar-refractivity contribution in [3.63, 3.8) is 0 Å². The molecule has 9 aromatic rings. The first kappa shape index (κ1) is 68.6. The molecule has 0 saturated carbocycles. The fourth-order valence-electron chi connectivity index (χ4n) is 12.3. The van der Waals surface area contributed by atoms with Gasteiger partial charge < -0.3 is 41.8 Å². The molecule has 12 rings (SSSR count). The molecule has 20 heteroatoms. The lowest BCUT2D eigenvalue weighted by atomic mass is 9.81. The number of pyridine rings is 3. The maximum atomic E-state index is 12.6. The minimum Gasteiger partial charge on any atom is -0.462 e. The average Bonchev–Trinajstić information content (AvgIpc) is 1.32. The van der Waals surface area contributed by atoms with Gasteiger partial charge in [-0.05, 0) is 140 Å². The summed E-state index contributed by atoms with van der Waals surface area (Å²) in [6.45, 7) is 29.9. The predicted molar refractivity (Wildman–Crippen MR) is 371 cm³/mol. The lowest BCUT2D eigenvalue weighted by Crippen LogP contribution is -2.52. The van der Waals surface area contributed by atoms with Crippen molar-refractivity contribution >= 4 is 68.0 Å². The number of carbonyl (C=O) groups excluding carboxylic acids is 2. The van der Waals surface area contributed by atoms with Gasteiger partial charge in [-0.3, -0.25) is 15.3 Å². The fraction of sp³-hybridized carbons (Fsp3) is 0.472. The van der Waals surface area contributed by atoms with Gasteiger partial charge in [0.15, 0.2) is 16.9 Å². The van der Waals surface area contributed by atoms with Crippen LogP contribution in [0.2, 0.25) is 5.02 Å². The number of fused-ring (bicyclic) bond motifs is 3. The minimum absolute atomic E-state index is 0.00546. The highest BCUT2D eigenvalue weighted by Crippen LogP contribution is 2.36. The summed E-state index contributed by atoms with van der Waals surface area (Å²) in [5.74, 6) is -0.834. The van der Waals surface area contributed by atoms with Crippen LogP contribution in [0.1, 0.15) is 169 Å². The number of aromatic nitrogens is 9. The Morgan fingerprint density at radius 3 is 1.29 bits per heavy atom. The number of carbonyl (C=O) groups is 2. The van der Waals surface area contributed by atoms with Crippen molar-refractivity contribution in [2.24, 2.45) is 17.2 Å². The number of halogens is 1. The summed E-state index contributed by atoms with van der Waals surface area (Å²) < 4.78 is 10.1. The third kappa shape index (κ3) is 17.3. The molecule has 10 N–H and O–H groups in total. The summed E-state index contributed by atoms with van der Waals surface area (Å²) in [6.07, 6.45) is 18.5. The van der Waals surface area contributed by atoms with Gasteiger partial charge >= 0.3 is 11.9 Å². The van der Waals surface area contributed by atoms with Gasteiger partial charge in [-0.1, -0.05) is 147 Å². The van der Waals surface area contributed by atoms with Gasteiger partial charge in [-0.2, -0.15) is 15.3 Å². The Balaban J connectivity index is 0.000000151. The first-order valence-corrected chi connectivity index (χ1v) is 32.8. The molecule has 0 amide bonds. The molecule has 92 heavy (non-hydrogen) atoms. The van der Waals surface area contributed by atoms with Gasteiger partial charge in [0.2, 0.25) is 0 Å². The number of benzene rings is 3. The van der Waals surface area contributed by atoms with Crippen LogP contribution in [-0.4, -0.2) is 127 Å². The number of H-pyrrole nitrogens is 3. The van der Waals surface area contributed by atoms with Gasteiger partial charge in [0.05, 0.1) is 69.9 Å². The number of nitrogens with zero attached hydrogens (tertiary/aromatic N) is 8. The van der Waals surface area contributed by atoms with Crippen molar-refractivity contribution in [1.82, 2.24) is 50.9 Å². The lowest BCUT2D eigenvalue weighted by molar-refractivity contribution is 0.0517. The Morgan fingerprint density at radius 2 is 0.859 bits per heavy atom.